The third-order valence-electron chi connectivity index (χ3n) is 6.30. The number of hydroxylamine groups is 2. The van der Waals surface area contributed by atoms with Gasteiger partial charge in [-0.05, 0) is 37.7 Å². The van der Waals surface area contributed by atoms with Crippen LogP contribution < -0.4 is 0 Å². The van der Waals surface area contributed by atoms with Gasteiger partial charge < -0.3 is 0 Å². The number of nitrogens with zero attached hydrogens (tertiary/aromatic N) is 4. The van der Waals surface area contributed by atoms with E-state index in [0.29, 0.717) is 30.1 Å². The van der Waals surface area contributed by atoms with Crippen molar-refractivity contribution in [3.63, 3.8) is 0 Å². The van der Waals surface area contributed by atoms with E-state index < -0.39 is 44.2 Å². The molecule has 12 heteroatoms. The smallest absolute Gasteiger partial charge is 0.264 e. The molecule has 156 valence electrons. The highest BCUT2D eigenvalue weighted by molar-refractivity contribution is 5.25. The Morgan fingerprint density at radius 3 is 2.17 bits per heavy atom. The van der Waals surface area contributed by atoms with Crippen LogP contribution in [-0.4, -0.2) is 37.4 Å². The molecule has 29 heavy (non-hydrogen) atoms. The van der Waals surface area contributed by atoms with Crippen molar-refractivity contribution in [1.82, 2.24) is 5.23 Å². The molecule has 1 aromatic rings. The Kier molecular flexibility index (Phi) is 4.52. The van der Waals surface area contributed by atoms with Gasteiger partial charge in [0.25, 0.3) is 0 Å². The third kappa shape index (κ3) is 2.78. The molecule has 0 bridgehead atoms. The summed E-state index contributed by atoms with van der Waals surface area (Å²) in [6, 6.07) is 7.09. The average molecular weight is 408 g/mol. The summed E-state index contributed by atoms with van der Waals surface area (Å²) in [5.74, 6) is -2.86. The molecule has 1 heterocycles. The van der Waals surface area contributed by atoms with Crippen LogP contribution in [0.25, 0.3) is 0 Å². The van der Waals surface area contributed by atoms with E-state index in [1.165, 1.54) is 0 Å². The third-order valence-corrected chi connectivity index (χ3v) is 6.30. The highest BCUT2D eigenvalue weighted by Gasteiger charge is 2.78. The predicted octanol–water partition coefficient (Wildman–Crippen LogP) is 2.41. The summed E-state index contributed by atoms with van der Waals surface area (Å²) in [6.07, 6.45) is 1.89. The van der Waals surface area contributed by atoms with Crippen LogP contribution in [0.4, 0.5) is 0 Å². The Balaban J connectivity index is 1.79. The minimum atomic E-state index is -2.86. The van der Waals surface area contributed by atoms with Crippen molar-refractivity contribution < 1.29 is 24.4 Å². The summed E-state index contributed by atoms with van der Waals surface area (Å²) in [6.45, 7) is 0. The van der Waals surface area contributed by atoms with Crippen LogP contribution >= 0.6 is 0 Å². The standard InChI is InChI=1S/C17H20N4O8/c22-18(23)14-8-4-11-16(14,13-6-2-1-3-7-13)29-21-17(19(24)25,20(26)27)12-15(28-21)9-5-10-15/h1-3,6-7,14H,4-5,8-12H2. The maximum absolute atomic E-state index is 11.9. The first-order valence-electron chi connectivity index (χ1n) is 9.42. The van der Waals surface area contributed by atoms with E-state index in [0.717, 1.165) is 6.42 Å². The predicted molar refractivity (Wildman–Crippen MR) is 94.7 cm³/mol. The first-order valence-corrected chi connectivity index (χ1v) is 9.42. The summed E-state index contributed by atoms with van der Waals surface area (Å²) in [5, 5.41) is 35.9. The quantitative estimate of drug-likeness (QED) is 0.392. The van der Waals surface area contributed by atoms with Gasteiger partial charge in [0.1, 0.15) is 21.9 Å². The van der Waals surface area contributed by atoms with E-state index >= 15 is 0 Å². The summed E-state index contributed by atoms with van der Waals surface area (Å²) in [5.41, 5.74) is -2.23. The summed E-state index contributed by atoms with van der Waals surface area (Å²) in [7, 11) is 0. The van der Waals surface area contributed by atoms with Gasteiger partial charge in [-0.25, -0.2) is 4.84 Å². The molecule has 1 aromatic carbocycles. The van der Waals surface area contributed by atoms with Crippen LogP contribution in [0.1, 0.15) is 50.5 Å². The topological polar surface area (TPSA) is 151 Å². The Morgan fingerprint density at radius 2 is 1.66 bits per heavy atom. The van der Waals surface area contributed by atoms with E-state index in [1.807, 2.05) is 0 Å². The molecular formula is C17H20N4O8. The van der Waals surface area contributed by atoms with Crippen LogP contribution in [0.15, 0.2) is 30.3 Å². The van der Waals surface area contributed by atoms with Crippen LogP contribution in [0.2, 0.25) is 0 Å². The zero-order valence-electron chi connectivity index (χ0n) is 15.5. The Hall–Kier alpha value is -2.70. The monoisotopic (exact) mass is 408 g/mol. The van der Waals surface area contributed by atoms with Crippen LogP contribution in [-0.2, 0) is 15.3 Å². The van der Waals surface area contributed by atoms with E-state index in [-0.39, 0.29) is 12.8 Å². The Labute approximate surface area is 164 Å². The fourth-order valence-corrected chi connectivity index (χ4v) is 4.64. The SMILES string of the molecule is O=[N+]([O-])C1CCCC1(ON1OC2(CCC2)CC1([N+](=O)[O-])[N+](=O)[O-])c1ccccc1. The lowest BCUT2D eigenvalue weighted by Gasteiger charge is -2.36. The largest absolute Gasteiger partial charge is 0.569 e. The zero-order chi connectivity index (χ0) is 20.9. The van der Waals surface area contributed by atoms with E-state index in [4.69, 9.17) is 9.68 Å². The van der Waals surface area contributed by atoms with Crippen LogP contribution in [0.5, 0.6) is 0 Å². The molecule has 0 radical (unpaired) electrons. The number of hydrogen-bond acceptors (Lipinski definition) is 9. The molecule has 2 aliphatic carbocycles. The minimum absolute atomic E-state index is 0.182. The van der Waals surface area contributed by atoms with E-state index in [2.05, 4.69) is 0 Å². The van der Waals surface area contributed by atoms with Crippen molar-refractivity contribution in [2.24, 2.45) is 0 Å². The number of rotatable bonds is 6. The molecule has 2 unspecified atom stereocenters. The summed E-state index contributed by atoms with van der Waals surface area (Å²) >= 11 is 0. The van der Waals surface area contributed by atoms with Crippen LogP contribution in [0, 0.1) is 30.3 Å². The van der Waals surface area contributed by atoms with Gasteiger partial charge in [0.2, 0.25) is 6.04 Å². The average Bonchev–Trinajstić information content (AvgIpc) is 3.23. The number of benzene rings is 1. The summed E-state index contributed by atoms with van der Waals surface area (Å²) < 4.78 is 0. The minimum Gasteiger partial charge on any atom is -0.264 e. The first-order chi connectivity index (χ1) is 13.8. The fraction of sp³-hybridized carbons (Fsp3) is 0.647. The lowest BCUT2D eigenvalue weighted by molar-refractivity contribution is -0.854. The van der Waals surface area contributed by atoms with Crippen molar-refractivity contribution in [3.05, 3.63) is 66.2 Å². The molecule has 1 saturated heterocycles. The zero-order valence-corrected chi connectivity index (χ0v) is 15.5. The molecule has 3 aliphatic rings. The fourth-order valence-electron chi connectivity index (χ4n) is 4.64. The molecule has 1 spiro atoms. The second-order valence-electron chi connectivity index (χ2n) is 7.89. The molecule has 2 saturated carbocycles. The van der Waals surface area contributed by atoms with Gasteiger partial charge in [-0.15, -0.1) is 0 Å². The Bertz CT molecular complexity index is 831. The van der Waals surface area contributed by atoms with Crippen molar-refractivity contribution >= 4 is 0 Å². The molecular weight excluding hydrogens is 388 g/mol. The number of hydrogen-bond donors (Lipinski definition) is 0. The van der Waals surface area contributed by atoms with Crippen molar-refractivity contribution in [2.45, 2.75) is 68.0 Å². The normalized spacial score (nSPS) is 30.1. The van der Waals surface area contributed by atoms with Gasteiger partial charge >= 0.3 is 5.79 Å². The van der Waals surface area contributed by atoms with Gasteiger partial charge in [-0.1, -0.05) is 30.3 Å². The van der Waals surface area contributed by atoms with Gasteiger partial charge in [0.05, 0.1) is 5.23 Å². The summed E-state index contributed by atoms with van der Waals surface area (Å²) in [4.78, 5) is 44.5. The van der Waals surface area contributed by atoms with Gasteiger partial charge in [-0.3, -0.25) is 35.2 Å². The molecule has 0 aromatic heterocycles. The van der Waals surface area contributed by atoms with Gasteiger partial charge in [0.15, 0.2) is 5.60 Å². The molecule has 4 rings (SSSR count). The maximum atomic E-state index is 11.9. The van der Waals surface area contributed by atoms with E-state index in [9.17, 15) is 30.3 Å². The highest BCUT2D eigenvalue weighted by atomic mass is 17.0. The van der Waals surface area contributed by atoms with Crippen molar-refractivity contribution in [3.8, 4) is 0 Å². The van der Waals surface area contributed by atoms with Crippen molar-refractivity contribution in [1.29, 1.82) is 0 Å². The van der Waals surface area contributed by atoms with E-state index in [1.54, 1.807) is 30.3 Å². The second kappa shape index (κ2) is 6.68. The molecule has 12 nitrogen and oxygen atoms in total. The second-order valence-corrected chi connectivity index (χ2v) is 7.89. The maximum Gasteiger partial charge on any atom is 0.569 e. The molecule has 3 fully saturated rings. The number of nitro groups is 3. The lowest BCUT2D eigenvalue weighted by Crippen LogP contribution is -2.59. The van der Waals surface area contributed by atoms with Crippen molar-refractivity contribution in [2.75, 3.05) is 0 Å². The lowest BCUT2D eigenvalue weighted by atomic mass is 9.77. The molecule has 1 aliphatic heterocycles. The molecule has 0 N–H and O–H groups in total. The van der Waals surface area contributed by atoms with Crippen LogP contribution in [0.3, 0.4) is 0 Å². The molecule has 0 amide bonds. The highest BCUT2D eigenvalue weighted by Crippen LogP contribution is 2.53. The van der Waals surface area contributed by atoms with Gasteiger partial charge in [0, 0.05) is 11.3 Å². The first kappa shape index (κ1) is 19.6. The van der Waals surface area contributed by atoms with Gasteiger partial charge in [-0.2, -0.15) is 0 Å². The Morgan fingerprint density at radius 1 is 1.00 bits per heavy atom. The molecule has 2 atom stereocenters.